The lowest BCUT2D eigenvalue weighted by Crippen LogP contribution is -2.38. The molecule has 1 saturated heterocycles. The third kappa shape index (κ3) is 4.21. The van der Waals surface area contributed by atoms with Crippen LogP contribution >= 0.6 is 0 Å². The van der Waals surface area contributed by atoms with E-state index in [0.29, 0.717) is 36.9 Å². The predicted octanol–water partition coefficient (Wildman–Crippen LogP) is 2.58. The topological polar surface area (TPSA) is 101 Å². The number of pyridine rings is 1. The number of likely N-dealkylation sites (tertiary alicyclic amines) is 1. The number of aromatic amines is 1. The SMILES string of the molecule is O=C(CCCc1nc(-c2cccnc2)no1)N1CCC(c2ncc[nH]2)CC1. The number of amides is 1. The molecule has 1 aliphatic rings. The summed E-state index contributed by atoms with van der Waals surface area (Å²) in [6.07, 6.45) is 10.7. The van der Waals surface area contributed by atoms with Crippen LogP contribution in [0.15, 0.2) is 41.4 Å². The molecule has 0 spiro atoms. The molecular weight excluding hydrogens is 344 g/mol. The third-order valence-electron chi connectivity index (χ3n) is 4.92. The fourth-order valence-corrected chi connectivity index (χ4v) is 3.42. The van der Waals surface area contributed by atoms with Crippen LogP contribution in [0.5, 0.6) is 0 Å². The summed E-state index contributed by atoms with van der Waals surface area (Å²) in [5.74, 6) is 2.73. The van der Waals surface area contributed by atoms with Crippen LogP contribution in [-0.4, -0.2) is 49.0 Å². The van der Waals surface area contributed by atoms with Crippen LogP contribution in [-0.2, 0) is 11.2 Å². The van der Waals surface area contributed by atoms with Gasteiger partial charge in [0.15, 0.2) is 0 Å². The first-order valence-corrected chi connectivity index (χ1v) is 9.29. The Labute approximate surface area is 157 Å². The van der Waals surface area contributed by atoms with Crippen molar-refractivity contribution < 1.29 is 9.32 Å². The van der Waals surface area contributed by atoms with Crippen LogP contribution in [0.25, 0.3) is 11.4 Å². The first kappa shape index (κ1) is 17.4. The molecule has 0 atom stereocenters. The summed E-state index contributed by atoms with van der Waals surface area (Å²) in [6, 6.07) is 3.72. The Bertz CT molecular complexity index is 853. The highest BCUT2D eigenvalue weighted by Gasteiger charge is 2.24. The monoisotopic (exact) mass is 366 g/mol. The maximum absolute atomic E-state index is 12.4. The average molecular weight is 366 g/mol. The minimum absolute atomic E-state index is 0.194. The second kappa shape index (κ2) is 8.11. The molecule has 3 aromatic heterocycles. The van der Waals surface area contributed by atoms with Crippen LogP contribution < -0.4 is 0 Å². The summed E-state index contributed by atoms with van der Waals surface area (Å²) in [4.78, 5) is 30.3. The number of H-pyrrole nitrogens is 1. The molecule has 1 aliphatic heterocycles. The molecule has 1 N–H and O–H groups in total. The van der Waals surface area contributed by atoms with Crippen molar-refractivity contribution in [1.29, 1.82) is 0 Å². The fourth-order valence-electron chi connectivity index (χ4n) is 3.42. The molecular formula is C19H22N6O2. The van der Waals surface area contributed by atoms with Crippen molar-refractivity contribution in [3.05, 3.63) is 48.6 Å². The van der Waals surface area contributed by atoms with Crippen LogP contribution in [0.4, 0.5) is 0 Å². The van der Waals surface area contributed by atoms with E-state index in [4.69, 9.17) is 4.52 Å². The van der Waals surface area contributed by atoms with Gasteiger partial charge in [0.25, 0.3) is 0 Å². The number of aryl methyl sites for hydroxylation is 1. The van der Waals surface area contributed by atoms with Crippen LogP contribution in [0, 0.1) is 0 Å². The fraction of sp³-hybridized carbons (Fsp3) is 0.421. The highest BCUT2D eigenvalue weighted by atomic mass is 16.5. The van der Waals surface area contributed by atoms with E-state index in [0.717, 1.165) is 37.3 Å². The maximum atomic E-state index is 12.4. The second-order valence-electron chi connectivity index (χ2n) is 6.74. The molecule has 4 heterocycles. The molecule has 8 heteroatoms. The predicted molar refractivity (Wildman–Crippen MR) is 97.6 cm³/mol. The van der Waals surface area contributed by atoms with Crippen molar-refractivity contribution in [2.24, 2.45) is 0 Å². The average Bonchev–Trinajstić information content (AvgIpc) is 3.41. The van der Waals surface area contributed by atoms with Gasteiger partial charge < -0.3 is 14.4 Å². The van der Waals surface area contributed by atoms with Gasteiger partial charge in [-0.25, -0.2) is 4.98 Å². The number of carbonyl (C=O) groups is 1. The van der Waals surface area contributed by atoms with Crippen molar-refractivity contribution in [3.8, 4) is 11.4 Å². The molecule has 3 aromatic rings. The Hall–Kier alpha value is -3.03. The maximum Gasteiger partial charge on any atom is 0.226 e. The number of hydrogen-bond donors (Lipinski definition) is 1. The Morgan fingerprint density at radius 3 is 2.93 bits per heavy atom. The van der Waals surface area contributed by atoms with Gasteiger partial charge in [-0.15, -0.1) is 0 Å². The summed E-state index contributed by atoms with van der Waals surface area (Å²) in [7, 11) is 0. The molecule has 0 unspecified atom stereocenters. The van der Waals surface area contributed by atoms with Crippen LogP contribution in [0.3, 0.4) is 0 Å². The van der Waals surface area contributed by atoms with Crippen LogP contribution in [0.1, 0.15) is 43.3 Å². The Morgan fingerprint density at radius 1 is 1.30 bits per heavy atom. The van der Waals surface area contributed by atoms with Crippen molar-refractivity contribution in [3.63, 3.8) is 0 Å². The molecule has 1 amide bonds. The van der Waals surface area contributed by atoms with Gasteiger partial charge in [0.2, 0.25) is 17.6 Å². The largest absolute Gasteiger partial charge is 0.348 e. The number of aromatic nitrogens is 5. The molecule has 1 fully saturated rings. The number of piperidine rings is 1. The van der Waals surface area contributed by atoms with E-state index < -0.39 is 0 Å². The number of hydrogen-bond acceptors (Lipinski definition) is 6. The normalized spacial score (nSPS) is 15.2. The number of carbonyl (C=O) groups excluding carboxylic acids is 1. The highest BCUT2D eigenvalue weighted by molar-refractivity contribution is 5.76. The molecule has 27 heavy (non-hydrogen) atoms. The molecule has 0 bridgehead atoms. The smallest absolute Gasteiger partial charge is 0.226 e. The van der Waals surface area contributed by atoms with Crippen molar-refractivity contribution >= 4 is 5.91 Å². The molecule has 140 valence electrons. The molecule has 0 radical (unpaired) electrons. The minimum atomic E-state index is 0.194. The lowest BCUT2D eigenvalue weighted by atomic mass is 9.96. The van der Waals surface area contributed by atoms with E-state index in [9.17, 15) is 4.79 Å². The lowest BCUT2D eigenvalue weighted by molar-refractivity contribution is -0.132. The van der Waals surface area contributed by atoms with Gasteiger partial charge in [-0.2, -0.15) is 4.98 Å². The molecule has 0 aliphatic carbocycles. The number of imidazole rings is 1. The highest BCUT2D eigenvalue weighted by Crippen LogP contribution is 2.25. The molecule has 0 saturated carbocycles. The second-order valence-corrected chi connectivity index (χ2v) is 6.74. The van der Waals surface area contributed by atoms with Crippen molar-refractivity contribution in [2.75, 3.05) is 13.1 Å². The summed E-state index contributed by atoms with van der Waals surface area (Å²) < 4.78 is 5.28. The van der Waals surface area contributed by atoms with Crippen LogP contribution in [0.2, 0.25) is 0 Å². The molecule has 0 aromatic carbocycles. The zero-order valence-electron chi connectivity index (χ0n) is 15.0. The van der Waals surface area contributed by atoms with Gasteiger partial charge in [-0.05, 0) is 31.4 Å². The quantitative estimate of drug-likeness (QED) is 0.719. The van der Waals surface area contributed by atoms with Gasteiger partial charge in [0.1, 0.15) is 5.82 Å². The van der Waals surface area contributed by atoms with E-state index in [2.05, 4.69) is 25.1 Å². The van der Waals surface area contributed by atoms with Crippen molar-refractivity contribution in [1.82, 2.24) is 30.0 Å². The standard InChI is InChI=1S/C19H22N6O2/c26-17(25-11-6-14(7-12-25)18-21-9-10-22-18)5-1-4-16-23-19(24-27-16)15-3-2-8-20-13-15/h2-3,8-10,13-14H,1,4-7,11-12H2,(H,21,22). The number of nitrogens with one attached hydrogen (secondary N) is 1. The summed E-state index contributed by atoms with van der Waals surface area (Å²) >= 11 is 0. The third-order valence-corrected chi connectivity index (χ3v) is 4.92. The van der Waals surface area contributed by atoms with Gasteiger partial charge >= 0.3 is 0 Å². The van der Waals surface area contributed by atoms with E-state index >= 15 is 0 Å². The van der Waals surface area contributed by atoms with E-state index in [1.165, 1.54) is 0 Å². The van der Waals surface area contributed by atoms with E-state index in [1.54, 1.807) is 18.6 Å². The lowest BCUT2D eigenvalue weighted by Gasteiger charge is -2.31. The zero-order valence-corrected chi connectivity index (χ0v) is 15.0. The van der Waals surface area contributed by atoms with E-state index in [1.807, 2.05) is 23.2 Å². The number of nitrogens with zero attached hydrogens (tertiary/aromatic N) is 5. The van der Waals surface area contributed by atoms with Gasteiger partial charge in [-0.1, -0.05) is 5.16 Å². The summed E-state index contributed by atoms with van der Waals surface area (Å²) in [6.45, 7) is 1.58. The van der Waals surface area contributed by atoms with Gasteiger partial charge in [0.05, 0.1) is 0 Å². The molecule has 4 rings (SSSR count). The Morgan fingerprint density at radius 2 is 2.19 bits per heavy atom. The Kier molecular flexibility index (Phi) is 5.22. The number of rotatable bonds is 6. The van der Waals surface area contributed by atoms with Crippen molar-refractivity contribution in [2.45, 2.75) is 38.0 Å². The van der Waals surface area contributed by atoms with Gasteiger partial charge in [-0.3, -0.25) is 9.78 Å². The van der Waals surface area contributed by atoms with E-state index in [-0.39, 0.29) is 5.91 Å². The minimum Gasteiger partial charge on any atom is -0.348 e. The summed E-state index contributed by atoms with van der Waals surface area (Å²) in [5, 5.41) is 3.98. The van der Waals surface area contributed by atoms with Gasteiger partial charge in [0, 0.05) is 62.2 Å². The first-order valence-electron chi connectivity index (χ1n) is 9.29. The first-order chi connectivity index (χ1) is 13.3. The Balaban J connectivity index is 1.22. The summed E-state index contributed by atoms with van der Waals surface area (Å²) in [5.41, 5.74) is 0.822. The zero-order chi connectivity index (χ0) is 18.5. The molecule has 8 nitrogen and oxygen atoms in total.